The van der Waals surface area contributed by atoms with Gasteiger partial charge >= 0.3 is 0 Å². The van der Waals surface area contributed by atoms with Crippen LogP contribution in [0.25, 0.3) is 16.9 Å². The highest BCUT2D eigenvalue weighted by atomic mass is 19.2. The van der Waals surface area contributed by atoms with Gasteiger partial charge in [0, 0.05) is 37.5 Å². The van der Waals surface area contributed by atoms with Crippen molar-refractivity contribution in [1.29, 1.82) is 0 Å². The number of aryl methyl sites for hydroxylation is 1. The number of aromatic nitrogens is 7. The molecule has 11 heteroatoms. The first-order valence-corrected chi connectivity index (χ1v) is 9.54. The molecule has 5 rings (SSSR count). The molecule has 0 unspecified atom stereocenters. The number of pyridine rings is 1. The van der Waals surface area contributed by atoms with Crippen LogP contribution >= 0.6 is 0 Å². The summed E-state index contributed by atoms with van der Waals surface area (Å²) in [6, 6.07) is 9.22. The van der Waals surface area contributed by atoms with E-state index >= 15 is 0 Å². The number of hydrogen-bond donors (Lipinski definition) is 1. The van der Waals surface area contributed by atoms with Gasteiger partial charge < -0.3 is 5.32 Å². The molecule has 32 heavy (non-hydrogen) atoms. The second-order valence-corrected chi connectivity index (χ2v) is 7.00. The second-order valence-electron chi connectivity index (χ2n) is 7.00. The van der Waals surface area contributed by atoms with E-state index < -0.39 is 17.5 Å². The smallest absolute Gasteiger partial charge is 0.228 e. The third-order valence-electron chi connectivity index (χ3n) is 4.96. The highest BCUT2D eigenvalue weighted by Gasteiger charge is 2.16. The number of nitrogens with one attached hydrogen (secondary N) is 1. The topological polar surface area (TPSA) is 85.8 Å². The molecule has 0 aliphatic rings. The molecule has 160 valence electrons. The molecule has 0 bridgehead atoms. The van der Waals surface area contributed by atoms with Gasteiger partial charge in [0.15, 0.2) is 23.1 Å². The summed E-state index contributed by atoms with van der Waals surface area (Å²) >= 11 is 0. The molecule has 1 N–H and O–H groups in total. The monoisotopic (exact) mass is 436 g/mol. The predicted octanol–water partition coefficient (Wildman–Crippen LogP) is 3.67. The normalized spacial score (nSPS) is 11.2. The molecule has 4 aromatic heterocycles. The van der Waals surface area contributed by atoms with Gasteiger partial charge in [-0.15, -0.1) is 10.2 Å². The lowest BCUT2D eigenvalue weighted by molar-refractivity contribution is 0.441. The lowest BCUT2D eigenvalue weighted by atomic mass is 10.1. The number of rotatable bonds is 5. The number of fused-ring (bicyclic) bond motifs is 1. The number of nitrogens with zero attached hydrogens (tertiary/aromatic N) is 7. The maximum atomic E-state index is 14.0. The van der Waals surface area contributed by atoms with Crippen molar-refractivity contribution in [3.63, 3.8) is 0 Å². The van der Waals surface area contributed by atoms with Crippen molar-refractivity contribution in [2.45, 2.75) is 6.42 Å². The predicted molar refractivity (Wildman–Crippen MR) is 110 cm³/mol. The Kier molecular flexibility index (Phi) is 4.77. The molecule has 0 saturated heterocycles. The summed E-state index contributed by atoms with van der Waals surface area (Å²) in [5, 5.41) is 15.4. The average molecular weight is 436 g/mol. The van der Waals surface area contributed by atoms with Gasteiger partial charge in [0.2, 0.25) is 5.95 Å². The molecule has 8 nitrogen and oxygen atoms in total. The molecule has 0 fully saturated rings. The SMILES string of the molecule is Cn1nccc1Nc1nccc(-c2ccn3c(Cc4ccc(F)c(F)c4F)nnc3c2)n1. The molecular formula is C21H15F3N8. The van der Waals surface area contributed by atoms with Crippen LogP contribution in [0.1, 0.15) is 11.4 Å². The fourth-order valence-electron chi connectivity index (χ4n) is 3.28. The maximum Gasteiger partial charge on any atom is 0.228 e. The van der Waals surface area contributed by atoms with E-state index in [-0.39, 0.29) is 12.0 Å². The standard InChI is InChI=1S/C21H15F3N8/c1-31-16(5-8-26-31)28-21-25-7-4-15(27-21)12-6-9-32-17(10-12)29-30-18(32)11-13-2-3-14(22)20(24)19(13)23/h2-10H,11H2,1H3,(H,25,27,28). The van der Waals surface area contributed by atoms with Crippen LogP contribution in [-0.2, 0) is 13.5 Å². The molecule has 0 radical (unpaired) electrons. The van der Waals surface area contributed by atoms with E-state index in [1.54, 1.807) is 59.0 Å². The van der Waals surface area contributed by atoms with Gasteiger partial charge in [-0.05, 0) is 29.8 Å². The van der Waals surface area contributed by atoms with Crippen LogP contribution in [-0.4, -0.2) is 34.3 Å². The Bertz CT molecular complexity index is 1440. The summed E-state index contributed by atoms with van der Waals surface area (Å²) in [6.45, 7) is 0. The average Bonchev–Trinajstić information content (AvgIpc) is 3.40. The van der Waals surface area contributed by atoms with Crippen LogP contribution in [0.15, 0.2) is 55.0 Å². The first-order chi connectivity index (χ1) is 15.5. The van der Waals surface area contributed by atoms with E-state index in [1.165, 1.54) is 6.07 Å². The zero-order valence-corrected chi connectivity index (χ0v) is 16.7. The third-order valence-corrected chi connectivity index (χ3v) is 4.96. The minimum atomic E-state index is -1.50. The fraction of sp³-hybridized carbons (Fsp3) is 0.0952. The maximum absolute atomic E-state index is 14.0. The molecule has 0 amide bonds. The largest absolute Gasteiger partial charge is 0.309 e. The van der Waals surface area contributed by atoms with Crippen molar-refractivity contribution < 1.29 is 13.2 Å². The molecule has 1 aromatic carbocycles. The fourth-order valence-corrected chi connectivity index (χ4v) is 3.28. The van der Waals surface area contributed by atoms with Crippen molar-refractivity contribution in [1.82, 2.24) is 34.3 Å². The Morgan fingerprint density at radius 3 is 2.66 bits per heavy atom. The Morgan fingerprint density at radius 1 is 0.969 bits per heavy atom. The zero-order chi connectivity index (χ0) is 22.2. The van der Waals surface area contributed by atoms with Crippen LogP contribution < -0.4 is 5.32 Å². The number of hydrogen-bond acceptors (Lipinski definition) is 6. The Hall–Kier alpha value is -4.28. The van der Waals surface area contributed by atoms with Gasteiger partial charge in [-0.3, -0.25) is 9.08 Å². The molecule has 0 spiro atoms. The first kappa shape index (κ1) is 19.7. The quantitative estimate of drug-likeness (QED) is 0.423. The van der Waals surface area contributed by atoms with Crippen LogP contribution in [0.3, 0.4) is 0 Å². The highest BCUT2D eigenvalue weighted by Crippen LogP contribution is 2.22. The van der Waals surface area contributed by atoms with Gasteiger partial charge in [-0.25, -0.2) is 23.1 Å². The minimum absolute atomic E-state index is 0.0102. The second kappa shape index (κ2) is 7.76. The van der Waals surface area contributed by atoms with Gasteiger partial charge in [0.1, 0.15) is 11.6 Å². The number of anilines is 2. The van der Waals surface area contributed by atoms with Crippen molar-refractivity contribution in [2.24, 2.45) is 7.05 Å². The van der Waals surface area contributed by atoms with Crippen LogP contribution in [0.5, 0.6) is 0 Å². The summed E-state index contributed by atoms with van der Waals surface area (Å²) in [5.41, 5.74) is 1.92. The van der Waals surface area contributed by atoms with E-state index in [0.29, 0.717) is 23.1 Å². The zero-order valence-electron chi connectivity index (χ0n) is 16.7. The van der Waals surface area contributed by atoms with Crippen LogP contribution in [0, 0.1) is 17.5 Å². The van der Waals surface area contributed by atoms with E-state index in [4.69, 9.17) is 0 Å². The third kappa shape index (κ3) is 3.53. The molecule has 0 aliphatic heterocycles. The molecule has 0 saturated carbocycles. The highest BCUT2D eigenvalue weighted by molar-refractivity contribution is 5.65. The summed E-state index contributed by atoms with van der Waals surface area (Å²) in [4.78, 5) is 8.75. The summed E-state index contributed by atoms with van der Waals surface area (Å²) in [7, 11) is 1.80. The number of halogens is 3. The van der Waals surface area contributed by atoms with E-state index in [1.807, 2.05) is 0 Å². The molecular weight excluding hydrogens is 421 g/mol. The van der Waals surface area contributed by atoms with Gasteiger partial charge in [-0.2, -0.15) is 5.10 Å². The van der Waals surface area contributed by atoms with E-state index in [2.05, 4.69) is 30.6 Å². The first-order valence-electron chi connectivity index (χ1n) is 9.54. The van der Waals surface area contributed by atoms with E-state index in [0.717, 1.165) is 17.4 Å². The molecule has 0 aliphatic carbocycles. The van der Waals surface area contributed by atoms with Crippen molar-refractivity contribution in [3.8, 4) is 11.3 Å². The Balaban J connectivity index is 1.44. The minimum Gasteiger partial charge on any atom is -0.309 e. The molecule has 5 aromatic rings. The van der Waals surface area contributed by atoms with Crippen molar-refractivity contribution >= 4 is 17.4 Å². The van der Waals surface area contributed by atoms with Crippen molar-refractivity contribution in [3.05, 3.63) is 83.8 Å². The Morgan fingerprint density at radius 2 is 1.84 bits per heavy atom. The lowest BCUT2D eigenvalue weighted by Crippen LogP contribution is -2.03. The Labute approximate surface area is 179 Å². The van der Waals surface area contributed by atoms with Gasteiger partial charge in [0.25, 0.3) is 0 Å². The summed E-state index contributed by atoms with van der Waals surface area (Å²) in [6.07, 6.45) is 4.96. The molecule has 4 heterocycles. The summed E-state index contributed by atoms with van der Waals surface area (Å²) < 4.78 is 44.1. The van der Waals surface area contributed by atoms with Crippen molar-refractivity contribution in [2.75, 3.05) is 5.32 Å². The van der Waals surface area contributed by atoms with Gasteiger partial charge in [-0.1, -0.05) is 6.07 Å². The number of benzene rings is 1. The summed E-state index contributed by atoms with van der Waals surface area (Å²) in [5.74, 6) is -2.43. The van der Waals surface area contributed by atoms with Crippen LogP contribution in [0.2, 0.25) is 0 Å². The van der Waals surface area contributed by atoms with E-state index in [9.17, 15) is 13.2 Å². The van der Waals surface area contributed by atoms with Gasteiger partial charge in [0.05, 0.1) is 11.9 Å². The van der Waals surface area contributed by atoms with Crippen LogP contribution in [0.4, 0.5) is 24.9 Å². The molecule has 0 atom stereocenters. The lowest BCUT2D eigenvalue weighted by Gasteiger charge is -2.07.